The van der Waals surface area contributed by atoms with E-state index in [2.05, 4.69) is 31.2 Å². The fourth-order valence-corrected chi connectivity index (χ4v) is 2.37. The molecule has 10 heteroatoms. The van der Waals surface area contributed by atoms with Crippen LogP contribution in [-0.2, 0) is 0 Å². The quantitative estimate of drug-likeness (QED) is 0.234. The molecule has 0 bridgehead atoms. The maximum atomic E-state index is 11.0. The fourth-order valence-electron chi connectivity index (χ4n) is 2.11. The predicted molar refractivity (Wildman–Crippen MR) is 101 cm³/mol. The van der Waals surface area contributed by atoms with Crippen molar-refractivity contribution in [2.75, 3.05) is 13.2 Å². The van der Waals surface area contributed by atoms with Crippen molar-refractivity contribution in [2.45, 2.75) is 0 Å². The van der Waals surface area contributed by atoms with Crippen LogP contribution in [0.25, 0.3) is 0 Å². The third kappa shape index (κ3) is 5.35. The summed E-state index contributed by atoms with van der Waals surface area (Å²) in [6.45, 7) is 0.585. The standard InChI is InChI=1S/C17H14BrN5O4/c18-14-1-4-16(5-2-14)26-7-8-27-17-6-3-15(23(24)25)9-13(17)10-21-22-11-19-20-12-22/h1-6,9-12H,7-8H2/b21-10-. The van der Waals surface area contributed by atoms with Gasteiger partial charge in [0.05, 0.1) is 11.1 Å². The monoisotopic (exact) mass is 431 g/mol. The van der Waals surface area contributed by atoms with E-state index in [9.17, 15) is 10.1 Å². The smallest absolute Gasteiger partial charge is 0.270 e. The molecule has 0 amide bonds. The van der Waals surface area contributed by atoms with Crippen LogP contribution in [0.4, 0.5) is 5.69 Å². The van der Waals surface area contributed by atoms with Crippen LogP contribution in [0.5, 0.6) is 11.5 Å². The van der Waals surface area contributed by atoms with Crippen LogP contribution in [0.15, 0.2) is 64.7 Å². The first-order valence-corrected chi connectivity index (χ1v) is 8.60. The van der Waals surface area contributed by atoms with Crippen molar-refractivity contribution in [2.24, 2.45) is 5.10 Å². The van der Waals surface area contributed by atoms with Gasteiger partial charge in [-0.05, 0) is 30.3 Å². The Morgan fingerprint density at radius 3 is 2.52 bits per heavy atom. The molecule has 1 aromatic heterocycles. The highest BCUT2D eigenvalue weighted by atomic mass is 79.9. The van der Waals surface area contributed by atoms with Gasteiger partial charge in [0.1, 0.15) is 37.4 Å². The van der Waals surface area contributed by atoms with E-state index >= 15 is 0 Å². The Hall–Kier alpha value is -3.27. The molecule has 0 spiro atoms. The van der Waals surface area contributed by atoms with Crippen LogP contribution < -0.4 is 9.47 Å². The van der Waals surface area contributed by atoms with Crippen molar-refractivity contribution in [3.8, 4) is 11.5 Å². The van der Waals surface area contributed by atoms with Crippen LogP contribution in [-0.4, -0.2) is 39.2 Å². The number of rotatable bonds is 8. The second-order valence-electron chi connectivity index (χ2n) is 5.22. The van der Waals surface area contributed by atoms with Crippen molar-refractivity contribution in [3.63, 3.8) is 0 Å². The number of aromatic nitrogens is 3. The normalized spacial score (nSPS) is 10.9. The van der Waals surface area contributed by atoms with Gasteiger partial charge in [-0.15, -0.1) is 10.2 Å². The summed E-state index contributed by atoms with van der Waals surface area (Å²) in [4.78, 5) is 10.5. The Bertz CT molecular complexity index is 929. The van der Waals surface area contributed by atoms with Gasteiger partial charge in [0.25, 0.3) is 5.69 Å². The topological polar surface area (TPSA) is 105 Å². The lowest BCUT2D eigenvalue weighted by molar-refractivity contribution is -0.384. The molecule has 0 saturated carbocycles. The number of benzene rings is 2. The SMILES string of the molecule is O=[N+]([O-])c1ccc(OCCOc2ccc(Br)cc2)c(/C=N\n2cnnc2)c1. The van der Waals surface area contributed by atoms with Gasteiger partial charge in [-0.2, -0.15) is 5.10 Å². The van der Waals surface area contributed by atoms with Crippen molar-refractivity contribution >= 4 is 27.8 Å². The number of ether oxygens (including phenoxy) is 2. The average Bonchev–Trinajstić information content (AvgIpc) is 3.19. The minimum Gasteiger partial charge on any atom is -0.490 e. The summed E-state index contributed by atoms with van der Waals surface area (Å²) in [5.41, 5.74) is 0.403. The maximum absolute atomic E-state index is 11.0. The summed E-state index contributed by atoms with van der Waals surface area (Å²) in [5.74, 6) is 1.18. The molecule has 0 N–H and O–H groups in total. The van der Waals surface area contributed by atoms with Crippen molar-refractivity contribution in [3.05, 3.63) is 75.3 Å². The highest BCUT2D eigenvalue weighted by molar-refractivity contribution is 9.10. The van der Waals surface area contributed by atoms with Crippen LogP contribution in [0.1, 0.15) is 5.56 Å². The van der Waals surface area contributed by atoms with E-state index in [1.54, 1.807) is 0 Å². The summed E-state index contributed by atoms with van der Waals surface area (Å²) >= 11 is 3.36. The molecule has 1 heterocycles. The molecular formula is C17H14BrN5O4. The first-order valence-electron chi connectivity index (χ1n) is 7.80. The van der Waals surface area contributed by atoms with Gasteiger partial charge in [-0.3, -0.25) is 10.1 Å². The molecular weight excluding hydrogens is 418 g/mol. The van der Waals surface area contributed by atoms with Crippen molar-refractivity contribution in [1.29, 1.82) is 0 Å². The molecule has 138 valence electrons. The average molecular weight is 432 g/mol. The van der Waals surface area contributed by atoms with E-state index in [1.165, 1.54) is 41.7 Å². The van der Waals surface area contributed by atoms with Gasteiger partial charge in [-0.25, -0.2) is 4.68 Å². The first-order chi connectivity index (χ1) is 13.1. The molecule has 2 aromatic carbocycles. The number of non-ortho nitro benzene ring substituents is 1. The Kier molecular flexibility index (Phi) is 6.10. The van der Waals surface area contributed by atoms with E-state index in [4.69, 9.17) is 9.47 Å². The van der Waals surface area contributed by atoms with Gasteiger partial charge >= 0.3 is 0 Å². The van der Waals surface area contributed by atoms with Crippen molar-refractivity contribution < 1.29 is 14.4 Å². The lowest BCUT2D eigenvalue weighted by Gasteiger charge is -2.10. The number of hydrogen-bond donors (Lipinski definition) is 0. The van der Waals surface area contributed by atoms with E-state index in [1.807, 2.05) is 24.3 Å². The molecule has 0 fully saturated rings. The summed E-state index contributed by atoms with van der Waals surface area (Å²) in [6.07, 6.45) is 4.25. The summed E-state index contributed by atoms with van der Waals surface area (Å²) < 4.78 is 13.6. The highest BCUT2D eigenvalue weighted by Gasteiger charge is 2.11. The number of halogens is 1. The summed E-state index contributed by atoms with van der Waals surface area (Å²) in [5, 5.41) is 22.4. The molecule has 0 aliphatic rings. The largest absolute Gasteiger partial charge is 0.490 e. The van der Waals surface area contributed by atoms with Gasteiger partial charge in [0.2, 0.25) is 0 Å². The van der Waals surface area contributed by atoms with Crippen LogP contribution >= 0.6 is 15.9 Å². The Labute approximate surface area is 162 Å². The lowest BCUT2D eigenvalue weighted by Crippen LogP contribution is -2.10. The van der Waals surface area contributed by atoms with Gasteiger partial charge < -0.3 is 9.47 Å². The Morgan fingerprint density at radius 1 is 1.11 bits per heavy atom. The molecule has 0 unspecified atom stereocenters. The molecule has 3 rings (SSSR count). The number of nitro groups is 1. The highest BCUT2D eigenvalue weighted by Crippen LogP contribution is 2.23. The summed E-state index contributed by atoms with van der Waals surface area (Å²) in [6, 6.07) is 11.7. The zero-order valence-electron chi connectivity index (χ0n) is 13.9. The van der Waals surface area contributed by atoms with Crippen LogP contribution in [0, 0.1) is 10.1 Å². The predicted octanol–water partition coefficient (Wildman–Crippen LogP) is 3.29. The Morgan fingerprint density at radius 2 is 1.81 bits per heavy atom. The van der Waals surface area contributed by atoms with Gasteiger partial charge in [0.15, 0.2) is 0 Å². The fraction of sp³-hybridized carbons (Fsp3) is 0.118. The second kappa shape index (κ2) is 8.90. The molecule has 0 aliphatic carbocycles. The van der Waals surface area contributed by atoms with Crippen LogP contribution in [0.2, 0.25) is 0 Å². The molecule has 0 atom stereocenters. The molecule has 9 nitrogen and oxygen atoms in total. The molecule has 0 saturated heterocycles. The zero-order chi connectivity index (χ0) is 19.1. The van der Waals surface area contributed by atoms with Gasteiger partial charge in [-0.1, -0.05) is 15.9 Å². The molecule has 0 aliphatic heterocycles. The van der Waals surface area contributed by atoms with E-state index in [0.717, 1.165) is 10.2 Å². The van der Waals surface area contributed by atoms with Crippen molar-refractivity contribution in [1.82, 2.24) is 14.9 Å². The molecule has 0 radical (unpaired) electrons. The van der Waals surface area contributed by atoms with E-state index < -0.39 is 4.92 Å². The number of nitro benzene ring substituents is 1. The third-order valence-corrected chi connectivity index (χ3v) is 3.89. The molecule has 27 heavy (non-hydrogen) atoms. The number of hydrogen-bond acceptors (Lipinski definition) is 7. The second-order valence-corrected chi connectivity index (χ2v) is 6.13. The van der Waals surface area contributed by atoms with Crippen LogP contribution in [0.3, 0.4) is 0 Å². The lowest BCUT2D eigenvalue weighted by atomic mass is 10.2. The first kappa shape index (κ1) is 18.5. The maximum Gasteiger partial charge on any atom is 0.270 e. The molecule has 3 aromatic rings. The minimum atomic E-state index is -0.476. The van der Waals surface area contributed by atoms with E-state index in [0.29, 0.717) is 17.9 Å². The Balaban J connectivity index is 1.66. The zero-order valence-corrected chi connectivity index (χ0v) is 15.5. The summed E-state index contributed by atoms with van der Waals surface area (Å²) in [7, 11) is 0. The number of nitrogens with zero attached hydrogens (tertiary/aromatic N) is 5. The third-order valence-electron chi connectivity index (χ3n) is 3.36. The minimum absolute atomic E-state index is 0.0568. The van der Waals surface area contributed by atoms with Gasteiger partial charge in [0, 0.05) is 22.2 Å². The van der Waals surface area contributed by atoms with E-state index in [-0.39, 0.29) is 12.3 Å².